The van der Waals surface area contributed by atoms with E-state index in [-0.39, 0.29) is 53.6 Å². The van der Waals surface area contributed by atoms with Crippen molar-refractivity contribution in [2.45, 2.75) is 116 Å². The maximum Gasteiger partial charge on any atom is 0.306 e. The average molecular weight is 509 g/mol. The molecule has 7 heteroatoms. The lowest BCUT2D eigenvalue weighted by atomic mass is 9.43. The van der Waals surface area contributed by atoms with Crippen LogP contribution in [0.25, 0.3) is 0 Å². The van der Waals surface area contributed by atoms with Gasteiger partial charge in [-0.25, -0.2) is 0 Å². The second-order valence-electron chi connectivity index (χ2n) is 13.4. The molecule has 12 atom stereocenters. The van der Waals surface area contributed by atoms with E-state index in [1.807, 2.05) is 0 Å². The van der Waals surface area contributed by atoms with Gasteiger partial charge in [-0.05, 0) is 104 Å². The minimum atomic E-state index is -0.961. The maximum atomic E-state index is 11.7. The molecular formula is C29H48O7. The third kappa shape index (κ3) is 4.84. The highest BCUT2D eigenvalue weighted by Crippen LogP contribution is 2.68. The molecule has 0 aromatic heterocycles. The Balaban J connectivity index is 1.45. The van der Waals surface area contributed by atoms with Crippen molar-refractivity contribution in [3.63, 3.8) is 0 Å². The standard InChI is InChI=1S/C29H48O7/c1-16(5-4-6-17(27(35)36)7-12-25(33)34)20-10-11-21-26-22(14-24(32)29(20,21)3)28(2)15-19(30)9-8-18(28)13-23(26)31/h16-24,26,30-32H,4-15H2,1-3H3,(H,33,34)(H,35,36)/t16-,17?,18+,19?,20-,21?,22?,23?,24+,26?,28+,29-/m1/s1. The lowest BCUT2D eigenvalue weighted by Crippen LogP contribution is -2.62. The van der Waals surface area contributed by atoms with Gasteiger partial charge in [-0.2, -0.15) is 0 Å². The molecule has 4 aliphatic carbocycles. The van der Waals surface area contributed by atoms with Crippen LogP contribution in [0.5, 0.6) is 0 Å². The van der Waals surface area contributed by atoms with Gasteiger partial charge in [0.2, 0.25) is 0 Å². The minimum absolute atomic E-state index is 0.0324. The molecule has 4 saturated carbocycles. The molecule has 0 radical (unpaired) electrons. The number of aliphatic carboxylic acids is 2. The van der Waals surface area contributed by atoms with Gasteiger partial charge in [0.25, 0.3) is 0 Å². The van der Waals surface area contributed by atoms with Crippen molar-refractivity contribution in [3.05, 3.63) is 0 Å². The van der Waals surface area contributed by atoms with Gasteiger partial charge in [-0.15, -0.1) is 0 Å². The molecule has 7 nitrogen and oxygen atoms in total. The van der Waals surface area contributed by atoms with Crippen LogP contribution in [0.3, 0.4) is 0 Å². The van der Waals surface area contributed by atoms with Crippen molar-refractivity contribution in [2.24, 2.45) is 52.3 Å². The molecular weight excluding hydrogens is 460 g/mol. The highest BCUT2D eigenvalue weighted by molar-refractivity contribution is 5.72. The van der Waals surface area contributed by atoms with Gasteiger partial charge in [0, 0.05) is 6.42 Å². The summed E-state index contributed by atoms with van der Waals surface area (Å²) >= 11 is 0. The highest BCUT2D eigenvalue weighted by atomic mass is 16.4. The van der Waals surface area contributed by atoms with E-state index in [1.165, 1.54) is 0 Å². The molecule has 0 saturated heterocycles. The molecule has 0 spiro atoms. The monoisotopic (exact) mass is 508 g/mol. The number of carbonyl (C=O) groups is 2. The molecule has 4 aliphatic rings. The SMILES string of the molecule is C[C@H](CCCC(CCC(=O)O)C(=O)O)[C@H]1CCC2C3C(O)C[C@@H]4CCC(O)C[C@]4(C)C3C[C@H](O)[C@@]21C. The minimum Gasteiger partial charge on any atom is -0.481 e. The van der Waals surface area contributed by atoms with Crippen LogP contribution < -0.4 is 0 Å². The number of carboxylic acids is 2. The largest absolute Gasteiger partial charge is 0.481 e. The van der Waals surface area contributed by atoms with Crippen LogP contribution in [-0.2, 0) is 9.59 Å². The fourth-order valence-electron chi connectivity index (χ4n) is 9.80. The Morgan fingerprint density at radius 1 is 0.917 bits per heavy atom. The summed E-state index contributed by atoms with van der Waals surface area (Å²) in [6, 6.07) is 0. The molecule has 0 amide bonds. The van der Waals surface area contributed by atoms with Crippen LogP contribution in [0, 0.1) is 52.3 Å². The molecule has 5 N–H and O–H groups in total. The highest BCUT2D eigenvalue weighted by Gasteiger charge is 2.65. The summed E-state index contributed by atoms with van der Waals surface area (Å²) < 4.78 is 0. The zero-order valence-corrected chi connectivity index (χ0v) is 22.3. The van der Waals surface area contributed by atoms with E-state index >= 15 is 0 Å². The van der Waals surface area contributed by atoms with Gasteiger partial charge < -0.3 is 25.5 Å². The third-order valence-corrected chi connectivity index (χ3v) is 11.7. The van der Waals surface area contributed by atoms with E-state index in [0.29, 0.717) is 30.6 Å². The number of aliphatic hydroxyl groups is 3. The van der Waals surface area contributed by atoms with Crippen LogP contribution in [0.2, 0.25) is 0 Å². The summed E-state index contributed by atoms with van der Waals surface area (Å²) in [6.45, 7) is 6.75. The van der Waals surface area contributed by atoms with Gasteiger partial charge in [0.1, 0.15) is 0 Å². The van der Waals surface area contributed by atoms with E-state index in [1.54, 1.807) is 0 Å². The average Bonchev–Trinajstić information content (AvgIpc) is 3.15. The molecule has 6 unspecified atom stereocenters. The smallest absolute Gasteiger partial charge is 0.306 e. The normalized spacial score (nSPS) is 45.7. The van der Waals surface area contributed by atoms with Crippen molar-refractivity contribution < 1.29 is 35.1 Å². The van der Waals surface area contributed by atoms with Crippen LogP contribution in [-0.4, -0.2) is 55.8 Å². The number of hydrogen-bond acceptors (Lipinski definition) is 5. The molecule has 0 aliphatic heterocycles. The molecule has 0 aromatic rings. The van der Waals surface area contributed by atoms with E-state index in [0.717, 1.165) is 51.4 Å². The Bertz CT molecular complexity index is 815. The van der Waals surface area contributed by atoms with Crippen LogP contribution in [0.4, 0.5) is 0 Å². The summed E-state index contributed by atoms with van der Waals surface area (Å²) in [7, 11) is 0. The Morgan fingerprint density at radius 2 is 1.64 bits per heavy atom. The van der Waals surface area contributed by atoms with Crippen LogP contribution in [0.15, 0.2) is 0 Å². The summed E-state index contributed by atoms with van der Waals surface area (Å²) in [4.78, 5) is 22.4. The van der Waals surface area contributed by atoms with Gasteiger partial charge in [0.15, 0.2) is 0 Å². The lowest BCUT2D eigenvalue weighted by molar-refractivity contribution is -0.208. The van der Waals surface area contributed by atoms with Crippen LogP contribution >= 0.6 is 0 Å². The molecule has 0 aromatic carbocycles. The van der Waals surface area contributed by atoms with Gasteiger partial charge >= 0.3 is 11.9 Å². The van der Waals surface area contributed by atoms with Crippen molar-refractivity contribution in [1.82, 2.24) is 0 Å². The predicted octanol–water partition coefficient (Wildman–Crippen LogP) is 4.32. The maximum absolute atomic E-state index is 11.7. The molecule has 0 heterocycles. The second kappa shape index (κ2) is 10.5. The molecule has 4 rings (SSSR count). The number of carboxylic acid groups (broad SMARTS) is 2. The van der Waals surface area contributed by atoms with Crippen molar-refractivity contribution in [3.8, 4) is 0 Å². The fourth-order valence-corrected chi connectivity index (χ4v) is 9.80. The molecule has 4 fully saturated rings. The van der Waals surface area contributed by atoms with Gasteiger partial charge in [-0.1, -0.05) is 33.6 Å². The second-order valence-corrected chi connectivity index (χ2v) is 13.4. The van der Waals surface area contributed by atoms with Crippen molar-refractivity contribution in [1.29, 1.82) is 0 Å². The zero-order chi connectivity index (χ0) is 26.4. The van der Waals surface area contributed by atoms with E-state index in [9.17, 15) is 30.0 Å². The molecule has 206 valence electrons. The van der Waals surface area contributed by atoms with E-state index in [2.05, 4.69) is 20.8 Å². The van der Waals surface area contributed by atoms with Crippen molar-refractivity contribution in [2.75, 3.05) is 0 Å². The Hall–Kier alpha value is -1.18. The first-order valence-corrected chi connectivity index (χ1v) is 14.4. The van der Waals surface area contributed by atoms with Gasteiger partial charge in [-0.3, -0.25) is 9.59 Å². The Morgan fingerprint density at radius 3 is 2.31 bits per heavy atom. The van der Waals surface area contributed by atoms with Crippen LogP contribution in [0.1, 0.15) is 97.8 Å². The number of hydrogen-bond donors (Lipinski definition) is 5. The summed E-state index contributed by atoms with van der Waals surface area (Å²) in [5, 5.41) is 52.0. The van der Waals surface area contributed by atoms with Gasteiger partial charge in [0.05, 0.1) is 24.2 Å². The Kier molecular flexibility index (Phi) is 8.14. The summed E-state index contributed by atoms with van der Waals surface area (Å²) in [5.41, 5.74) is -0.303. The number of rotatable bonds is 9. The quantitative estimate of drug-likeness (QED) is 0.313. The summed E-state index contributed by atoms with van der Waals surface area (Å²) in [5.74, 6) is -0.813. The lowest BCUT2D eigenvalue weighted by Gasteiger charge is -2.63. The molecule has 36 heavy (non-hydrogen) atoms. The number of aliphatic hydroxyl groups excluding tert-OH is 3. The first-order chi connectivity index (χ1) is 16.9. The fraction of sp³-hybridized carbons (Fsp3) is 0.931. The molecule has 0 bridgehead atoms. The van der Waals surface area contributed by atoms with E-state index in [4.69, 9.17) is 5.11 Å². The van der Waals surface area contributed by atoms with E-state index < -0.39 is 24.0 Å². The topological polar surface area (TPSA) is 135 Å². The first kappa shape index (κ1) is 27.8. The summed E-state index contributed by atoms with van der Waals surface area (Å²) in [6.07, 6.45) is 7.09. The third-order valence-electron chi connectivity index (χ3n) is 11.7. The zero-order valence-electron chi connectivity index (χ0n) is 22.3. The first-order valence-electron chi connectivity index (χ1n) is 14.4. The Labute approximate surface area is 215 Å². The predicted molar refractivity (Wildman–Crippen MR) is 135 cm³/mol. The van der Waals surface area contributed by atoms with Crippen molar-refractivity contribution >= 4 is 11.9 Å². The number of fused-ring (bicyclic) bond motifs is 5.